The average Bonchev–Trinajstić information content (AvgIpc) is 3.15. The first kappa shape index (κ1) is 19.1. The summed E-state index contributed by atoms with van der Waals surface area (Å²) in [6, 6.07) is 6.04. The number of nitrogens with two attached hydrogens (primary N) is 1. The summed E-state index contributed by atoms with van der Waals surface area (Å²) < 4.78 is 1.59. The Morgan fingerprint density at radius 1 is 1.24 bits per heavy atom. The molecule has 1 aliphatic rings. The molecule has 0 saturated heterocycles. The van der Waals surface area contributed by atoms with E-state index in [2.05, 4.69) is 31.0 Å². The molecule has 1 saturated carbocycles. The smallest absolute Gasteiger partial charge is 0.276 e. The van der Waals surface area contributed by atoms with E-state index in [1.807, 2.05) is 13.0 Å². The summed E-state index contributed by atoms with van der Waals surface area (Å²) in [4.78, 5) is 21.2. The molecule has 9 heteroatoms. The first-order valence-electron chi connectivity index (χ1n) is 10.00. The average molecular weight is 394 g/mol. The van der Waals surface area contributed by atoms with Crippen LogP contribution < -0.4 is 21.7 Å². The molecule has 152 valence electrons. The Kier molecular flexibility index (Phi) is 5.57. The molecule has 3 heterocycles. The second-order valence-electron chi connectivity index (χ2n) is 7.30. The van der Waals surface area contributed by atoms with Crippen LogP contribution >= 0.6 is 0 Å². The van der Waals surface area contributed by atoms with E-state index in [4.69, 9.17) is 5.73 Å². The van der Waals surface area contributed by atoms with Gasteiger partial charge in [0.25, 0.3) is 5.91 Å². The molecule has 0 atom stereocenters. The van der Waals surface area contributed by atoms with Gasteiger partial charge in [-0.05, 0) is 44.7 Å². The third-order valence-corrected chi connectivity index (χ3v) is 5.13. The maximum Gasteiger partial charge on any atom is 0.276 e. The lowest BCUT2D eigenvalue weighted by atomic mass is 9.92. The van der Waals surface area contributed by atoms with E-state index in [0.717, 1.165) is 37.9 Å². The van der Waals surface area contributed by atoms with Crippen molar-refractivity contribution < 1.29 is 4.79 Å². The number of rotatable bonds is 6. The minimum absolute atomic E-state index is 0.278. The standard InChI is InChI=1S/C20H26N8O/c1-2-23-16-11-18(25-14-5-3-13(21)4-6-14)27-28-17(12-24-19(16)28)20(29)26-15-7-9-22-10-8-15/h7-14,23H,2-6,21H2,1H3,(H,25,27)(H,22,26,29)/t13-,14-. The van der Waals surface area contributed by atoms with Crippen molar-refractivity contribution in [3.8, 4) is 0 Å². The minimum atomic E-state index is -0.278. The second kappa shape index (κ2) is 8.44. The molecule has 0 aromatic carbocycles. The van der Waals surface area contributed by atoms with Gasteiger partial charge in [-0.2, -0.15) is 0 Å². The molecule has 4 rings (SSSR count). The van der Waals surface area contributed by atoms with Crippen LogP contribution in [0.2, 0.25) is 0 Å². The van der Waals surface area contributed by atoms with Crippen LogP contribution in [-0.2, 0) is 0 Å². The van der Waals surface area contributed by atoms with E-state index in [0.29, 0.717) is 28.9 Å². The number of aromatic nitrogens is 4. The minimum Gasteiger partial charge on any atom is -0.382 e. The first-order chi connectivity index (χ1) is 14.1. The van der Waals surface area contributed by atoms with E-state index in [1.165, 1.54) is 0 Å². The molecule has 0 spiro atoms. The zero-order valence-electron chi connectivity index (χ0n) is 16.4. The summed E-state index contributed by atoms with van der Waals surface area (Å²) in [6.45, 7) is 2.76. The van der Waals surface area contributed by atoms with Crippen molar-refractivity contribution >= 4 is 28.7 Å². The van der Waals surface area contributed by atoms with Crippen LogP contribution in [0.4, 0.5) is 17.2 Å². The van der Waals surface area contributed by atoms with Gasteiger partial charge in [0, 0.05) is 42.8 Å². The fraction of sp³-hybridized carbons (Fsp3) is 0.400. The second-order valence-corrected chi connectivity index (χ2v) is 7.30. The van der Waals surface area contributed by atoms with Crippen LogP contribution in [0.1, 0.15) is 43.1 Å². The number of hydrogen-bond acceptors (Lipinski definition) is 7. The van der Waals surface area contributed by atoms with Gasteiger partial charge in [-0.3, -0.25) is 9.78 Å². The highest BCUT2D eigenvalue weighted by atomic mass is 16.2. The molecule has 0 unspecified atom stereocenters. The van der Waals surface area contributed by atoms with Crippen LogP contribution in [0.25, 0.3) is 5.65 Å². The highest BCUT2D eigenvalue weighted by Crippen LogP contribution is 2.24. The predicted molar refractivity (Wildman–Crippen MR) is 113 cm³/mol. The summed E-state index contributed by atoms with van der Waals surface area (Å²) in [5.74, 6) is 0.435. The van der Waals surface area contributed by atoms with E-state index in [-0.39, 0.29) is 11.9 Å². The van der Waals surface area contributed by atoms with Crippen LogP contribution in [-0.4, -0.2) is 44.1 Å². The van der Waals surface area contributed by atoms with Gasteiger partial charge in [-0.15, -0.1) is 5.10 Å². The van der Waals surface area contributed by atoms with Gasteiger partial charge in [0.2, 0.25) is 0 Å². The number of hydrogen-bond donors (Lipinski definition) is 4. The lowest BCUT2D eigenvalue weighted by molar-refractivity contribution is 0.102. The van der Waals surface area contributed by atoms with Crippen molar-refractivity contribution in [2.45, 2.75) is 44.7 Å². The van der Waals surface area contributed by atoms with Crippen molar-refractivity contribution in [1.82, 2.24) is 19.6 Å². The molecule has 1 amide bonds. The third-order valence-electron chi connectivity index (χ3n) is 5.13. The molecular weight excluding hydrogens is 368 g/mol. The summed E-state index contributed by atoms with van der Waals surface area (Å²) in [6.07, 6.45) is 8.83. The van der Waals surface area contributed by atoms with Crippen LogP contribution in [0, 0.1) is 0 Å². The zero-order valence-corrected chi connectivity index (χ0v) is 16.4. The summed E-state index contributed by atoms with van der Waals surface area (Å²) in [5, 5.41) is 14.3. The van der Waals surface area contributed by atoms with Crippen molar-refractivity contribution in [2.24, 2.45) is 5.73 Å². The number of fused-ring (bicyclic) bond motifs is 1. The molecule has 1 aliphatic carbocycles. The van der Waals surface area contributed by atoms with Gasteiger partial charge in [0.15, 0.2) is 11.3 Å². The Balaban J connectivity index is 1.63. The molecule has 3 aromatic rings. The number of carbonyl (C=O) groups is 1. The van der Waals surface area contributed by atoms with E-state index >= 15 is 0 Å². The number of pyridine rings is 1. The highest BCUT2D eigenvalue weighted by molar-refractivity contribution is 6.03. The van der Waals surface area contributed by atoms with Crippen molar-refractivity contribution in [2.75, 3.05) is 22.5 Å². The normalized spacial score (nSPS) is 19.1. The molecule has 1 fully saturated rings. The Morgan fingerprint density at radius 2 is 2.00 bits per heavy atom. The molecule has 0 radical (unpaired) electrons. The quantitative estimate of drug-likeness (QED) is 0.506. The molecule has 29 heavy (non-hydrogen) atoms. The topological polar surface area (TPSA) is 122 Å². The maximum atomic E-state index is 12.8. The number of amides is 1. The van der Waals surface area contributed by atoms with Crippen LogP contribution in [0.3, 0.4) is 0 Å². The third kappa shape index (κ3) is 4.29. The van der Waals surface area contributed by atoms with Crippen molar-refractivity contribution in [3.05, 3.63) is 42.5 Å². The zero-order chi connectivity index (χ0) is 20.2. The molecule has 0 bridgehead atoms. The number of nitrogens with zero attached hydrogens (tertiary/aromatic N) is 4. The van der Waals surface area contributed by atoms with Gasteiger partial charge in [-0.25, -0.2) is 9.50 Å². The molecule has 9 nitrogen and oxygen atoms in total. The summed E-state index contributed by atoms with van der Waals surface area (Å²) in [5.41, 5.74) is 8.50. The Labute approximate surface area is 169 Å². The molecule has 0 aliphatic heterocycles. The van der Waals surface area contributed by atoms with Crippen LogP contribution in [0.15, 0.2) is 36.8 Å². The lowest BCUT2D eigenvalue weighted by Crippen LogP contribution is -2.33. The monoisotopic (exact) mass is 394 g/mol. The fourth-order valence-corrected chi connectivity index (χ4v) is 3.62. The maximum absolute atomic E-state index is 12.8. The molecule has 3 aromatic heterocycles. The van der Waals surface area contributed by atoms with Gasteiger partial charge >= 0.3 is 0 Å². The Hall–Kier alpha value is -3.20. The SMILES string of the molecule is CCNc1cc(N[C@H]2CC[C@H](N)CC2)nn2c(C(=O)Nc3ccncc3)cnc12. The van der Waals surface area contributed by atoms with Crippen molar-refractivity contribution in [1.29, 1.82) is 0 Å². The first-order valence-corrected chi connectivity index (χ1v) is 10.00. The van der Waals surface area contributed by atoms with Gasteiger partial charge in [0.1, 0.15) is 5.82 Å². The number of carbonyl (C=O) groups excluding carboxylic acids is 1. The highest BCUT2D eigenvalue weighted by Gasteiger charge is 2.21. The van der Waals surface area contributed by atoms with Crippen LogP contribution in [0.5, 0.6) is 0 Å². The van der Waals surface area contributed by atoms with E-state index < -0.39 is 0 Å². The summed E-state index contributed by atoms with van der Waals surface area (Å²) >= 11 is 0. The van der Waals surface area contributed by atoms with E-state index in [1.54, 1.807) is 35.2 Å². The Morgan fingerprint density at radius 3 is 2.72 bits per heavy atom. The van der Waals surface area contributed by atoms with Gasteiger partial charge in [-0.1, -0.05) is 0 Å². The van der Waals surface area contributed by atoms with Gasteiger partial charge < -0.3 is 21.7 Å². The molecular formula is C20H26N8O. The number of imidazole rings is 1. The fourth-order valence-electron chi connectivity index (χ4n) is 3.62. The number of anilines is 3. The molecule has 5 N–H and O–H groups in total. The predicted octanol–water partition coefficient (Wildman–Crippen LogP) is 2.49. The van der Waals surface area contributed by atoms with Gasteiger partial charge in [0.05, 0.1) is 11.9 Å². The number of nitrogens with one attached hydrogen (secondary N) is 3. The summed E-state index contributed by atoms with van der Waals surface area (Å²) in [7, 11) is 0. The van der Waals surface area contributed by atoms with Crippen molar-refractivity contribution in [3.63, 3.8) is 0 Å². The largest absolute Gasteiger partial charge is 0.382 e. The Bertz CT molecular complexity index is 979. The lowest BCUT2D eigenvalue weighted by Gasteiger charge is -2.27. The van der Waals surface area contributed by atoms with E-state index in [9.17, 15) is 4.79 Å².